The van der Waals surface area contributed by atoms with Crippen molar-refractivity contribution in [2.75, 3.05) is 6.61 Å². The Kier molecular flexibility index (Phi) is 5.89. The number of nitrogens with one attached hydrogen (secondary N) is 1. The molecule has 0 radical (unpaired) electrons. The topological polar surface area (TPSA) is 112 Å². The maximum Gasteiger partial charge on any atom is 0.298 e. The number of pyridine rings is 1. The number of ether oxygens (including phenoxy) is 2. The Bertz CT molecular complexity index is 799. The maximum atomic E-state index is 12.1. The number of hydrogen-bond acceptors (Lipinski definition) is 6. The predicted molar refractivity (Wildman–Crippen MR) is 87.6 cm³/mol. The van der Waals surface area contributed by atoms with Crippen LogP contribution in [0.25, 0.3) is 10.9 Å². The lowest BCUT2D eigenvalue weighted by molar-refractivity contribution is -0.384. The fraction of sp³-hybridized carbons (Fsp3) is 0.375. The highest BCUT2D eigenvalue weighted by Gasteiger charge is 2.18. The van der Waals surface area contributed by atoms with Crippen molar-refractivity contribution in [1.29, 1.82) is 0 Å². The van der Waals surface area contributed by atoms with Crippen LogP contribution in [0.15, 0.2) is 23.0 Å². The van der Waals surface area contributed by atoms with Crippen molar-refractivity contribution >= 4 is 23.1 Å². The Balaban J connectivity index is 2.42. The second-order valence-electron chi connectivity index (χ2n) is 5.22. The van der Waals surface area contributed by atoms with Gasteiger partial charge in [0.1, 0.15) is 0 Å². The summed E-state index contributed by atoms with van der Waals surface area (Å²) in [6.45, 7) is 2.59. The summed E-state index contributed by atoms with van der Waals surface area (Å²) < 4.78 is 10.4. The number of nitro benzene ring substituents is 1. The van der Waals surface area contributed by atoms with Crippen molar-refractivity contribution in [2.24, 2.45) is 0 Å². The summed E-state index contributed by atoms with van der Waals surface area (Å²) in [7, 11) is 0. The van der Waals surface area contributed by atoms with E-state index < -0.39 is 10.5 Å². The molecule has 0 amide bonds. The number of carbonyl (C=O) groups is 1. The maximum absolute atomic E-state index is 12.1. The summed E-state index contributed by atoms with van der Waals surface area (Å²) in [5.41, 5.74) is -0.592. The second-order valence-corrected chi connectivity index (χ2v) is 5.22. The fourth-order valence-electron chi connectivity index (χ4n) is 2.35. The van der Waals surface area contributed by atoms with Gasteiger partial charge in [-0.15, -0.1) is 0 Å². The van der Waals surface area contributed by atoms with Crippen LogP contribution in [0.5, 0.6) is 11.5 Å². The number of benzene rings is 1. The van der Waals surface area contributed by atoms with E-state index in [9.17, 15) is 19.7 Å². The monoisotopic (exact) mass is 334 g/mol. The Morgan fingerprint density at radius 2 is 2.04 bits per heavy atom. The molecule has 8 heteroatoms. The van der Waals surface area contributed by atoms with Gasteiger partial charge in [0.2, 0.25) is 5.75 Å². The minimum Gasteiger partial charge on any atom is -0.489 e. The van der Waals surface area contributed by atoms with Gasteiger partial charge < -0.3 is 14.5 Å². The molecule has 0 aliphatic rings. The Hall–Kier alpha value is -2.90. The molecule has 24 heavy (non-hydrogen) atoms. The molecule has 0 aliphatic carbocycles. The van der Waals surface area contributed by atoms with Crippen LogP contribution in [-0.4, -0.2) is 23.0 Å². The zero-order valence-corrected chi connectivity index (χ0v) is 13.2. The molecule has 1 N–H and O–H groups in total. The van der Waals surface area contributed by atoms with Crippen LogP contribution in [-0.2, 0) is 4.79 Å². The Morgan fingerprint density at radius 3 is 2.71 bits per heavy atom. The Morgan fingerprint density at radius 1 is 1.25 bits per heavy atom. The number of unbranched alkanes of at least 4 members (excludes halogenated alkanes) is 3. The van der Waals surface area contributed by atoms with E-state index in [1.165, 1.54) is 18.2 Å². The van der Waals surface area contributed by atoms with E-state index in [0.717, 1.165) is 25.7 Å². The molecule has 0 aliphatic heterocycles. The quantitative estimate of drug-likeness (QED) is 0.326. The van der Waals surface area contributed by atoms with Crippen molar-refractivity contribution in [3.8, 4) is 11.5 Å². The van der Waals surface area contributed by atoms with Crippen molar-refractivity contribution in [2.45, 2.75) is 32.6 Å². The molecule has 1 aromatic heterocycles. The normalized spacial score (nSPS) is 10.5. The summed E-state index contributed by atoms with van der Waals surface area (Å²) in [6.07, 6.45) is 3.92. The molecule has 0 saturated heterocycles. The van der Waals surface area contributed by atoms with Crippen molar-refractivity contribution in [3.63, 3.8) is 0 Å². The van der Waals surface area contributed by atoms with E-state index in [1.807, 2.05) is 0 Å². The number of rotatable bonds is 9. The largest absolute Gasteiger partial charge is 0.489 e. The number of aromatic amines is 1. The summed E-state index contributed by atoms with van der Waals surface area (Å²) >= 11 is 0. The lowest BCUT2D eigenvalue weighted by Crippen LogP contribution is -2.13. The van der Waals surface area contributed by atoms with Crippen LogP contribution >= 0.6 is 0 Å². The van der Waals surface area contributed by atoms with Gasteiger partial charge >= 0.3 is 0 Å². The molecule has 2 aromatic rings. The van der Waals surface area contributed by atoms with E-state index in [1.54, 1.807) is 0 Å². The molecule has 0 saturated carbocycles. The molecular weight excluding hydrogens is 316 g/mol. The van der Waals surface area contributed by atoms with E-state index >= 15 is 0 Å². The molecule has 0 unspecified atom stereocenters. The molecule has 8 nitrogen and oxygen atoms in total. The molecule has 0 spiro atoms. The SMILES string of the molecule is CCCCCCOc1c(OC=O)c(=O)[nH]c2cc([N+](=O)[O-])ccc12. The van der Waals surface area contributed by atoms with E-state index in [-0.39, 0.29) is 29.2 Å². The van der Waals surface area contributed by atoms with Crippen LogP contribution in [0.2, 0.25) is 0 Å². The lowest BCUT2D eigenvalue weighted by atomic mass is 10.1. The standard InChI is InChI=1S/C16H18N2O6/c1-2-3-4-5-8-23-14-12-7-6-11(18(21)22)9-13(12)17-16(20)15(14)24-10-19/h6-7,9-10H,2-5,8H2,1H3,(H,17,20). The minimum absolute atomic E-state index is 0.118. The average molecular weight is 334 g/mol. The number of hydrogen-bond donors (Lipinski definition) is 1. The van der Waals surface area contributed by atoms with Gasteiger partial charge in [0.15, 0.2) is 5.75 Å². The third-order valence-corrected chi connectivity index (χ3v) is 3.53. The van der Waals surface area contributed by atoms with Gasteiger partial charge in [-0.3, -0.25) is 19.7 Å². The molecular formula is C16H18N2O6. The van der Waals surface area contributed by atoms with Crippen molar-refractivity contribution in [1.82, 2.24) is 4.98 Å². The van der Waals surface area contributed by atoms with Crippen molar-refractivity contribution < 1.29 is 19.2 Å². The summed E-state index contributed by atoms with van der Waals surface area (Å²) in [5.74, 6) is -0.130. The number of H-pyrrole nitrogens is 1. The molecule has 0 atom stereocenters. The van der Waals surface area contributed by atoms with Gasteiger partial charge in [0.25, 0.3) is 17.7 Å². The van der Waals surface area contributed by atoms with Crippen LogP contribution in [0.4, 0.5) is 5.69 Å². The van der Waals surface area contributed by atoms with Gasteiger partial charge in [-0.25, -0.2) is 0 Å². The molecule has 2 rings (SSSR count). The van der Waals surface area contributed by atoms with Gasteiger partial charge in [-0.05, 0) is 12.5 Å². The van der Waals surface area contributed by atoms with Gasteiger partial charge in [-0.2, -0.15) is 0 Å². The number of non-ortho nitro benzene ring substituents is 1. The van der Waals surface area contributed by atoms with Crippen LogP contribution in [0.3, 0.4) is 0 Å². The third kappa shape index (κ3) is 3.89. The summed E-state index contributed by atoms with van der Waals surface area (Å²) in [5, 5.41) is 11.3. The van der Waals surface area contributed by atoms with Gasteiger partial charge in [-0.1, -0.05) is 26.2 Å². The summed E-state index contributed by atoms with van der Waals surface area (Å²) in [4.78, 5) is 35.5. The molecule has 0 fully saturated rings. The number of nitrogens with zero attached hydrogens (tertiary/aromatic N) is 1. The van der Waals surface area contributed by atoms with E-state index in [4.69, 9.17) is 9.47 Å². The first-order valence-corrected chi connectivity index (χ1v) is 7.66. The van der Waals surface area contributed by atoms with E-state index in [2.05, 4.69) is 11.9 Å². The van der Waals surface area contributed by atoms with Crippen molar-refractivity contribution in [3.05, 3.63) is 38.7 Å². The number of carbonyl (C=O) groups excluding carboxylic acids is 1. The van der Waals surface area contributed by atoms with Gasteiger partial charge in [0, 0.05) is 17.5 Å². The lowest BCUT2D eigenvalue weighted by Gasteiger charge is -2.12. The van der Waals surface area contributed by atoms with Crippen LogP contribution in [0.1, 0.15) is 32.6 Å². The molecule has 1 aromatic carbocycles. The second kappa shape index (κ2) is 8.09. The zero-order valence-electron chi connectivity index (χ0n) is 13.2. The number of fused-ring (bicyclic) bond motifs is 1. The molecule has 128 valence electrons. The average Bonchev–Trinajstić information content (AvgIpc) is 2.56. The zero-order chi connectivity index (χ0) is 17.5. The van der Waals surface area contributed by atoms with Crippen LogP contribution < -0.4 is 15.0 Å². The summed E-state index contributed by atoms with van der Waals surface area (Å²) in [6, 6.07) is 4.00. The number of nitro groups is 1. The van der Waals surface area contributed by atoms with Gasteiger partial charge in [0.05, 0.1) is 17.0 Å². The first-order chi connectivity index (χ1) is 11.6. The minimum atomic E-state index is -0.682. The highest BCUT2D eigenvalue weighted by Crippen LogP contribution is 2.33. The molecule has 0 bridgehead atoms. The first-order valence-electron chi connectivity index (χ1n) is 7.66. The number of aromatic nitrogens is 1. The van der Waals surface area contributed by atoms with E-state index in [0.29, 0.717) is 12.0 Å². The van der Waals surface area contributed by atoms with Crippen LogP contribution in [0, 0.1) is 10.1 Å². The highest BCUT2D eigenvalue weighted by molar-refractivity contribution is 5.89. The smallest absolute Gasteiger partial charge is 0.298 e. The molecule has 1 heterocycles. The fourth-order valence-corrected chi connectivity index (χ4v) is 2.35. The highest BCUT2D eigenvalue weighted by atomic mass is 16.6. The first kappa shape index (κ1) is 17.5. The predicted octanol–water partition coefficient (Wildman–Crippen LogP) is 2.93. The third-order valence-electron chi connectivity index (χ3n) is 3.53. The Labute approximate surface area is 137 Å².